The number of phenolic OH excluding ortho intramolecular Hbond substituents is 1. The normalized spacial score (nSPS) is 11.6. The van der Waals surface area contributed by atoms with Gasteiger partial charge in [-0.3, -0.25) is 0 Å². The van der Waals surface area contributed by atoms with E-state index in [2.05, 4.69) is 53.4 Å². The predicted molar refractivity (Wildman–Crippen MR) is 120 cm³/mol. The van der Waals surface area contributed by atoms with Crippen LogP contribution in [0.4, 0.5) is 0 Å². The fourth-order valence-corrected chi connectivity index (χ4v) is 3.22. The van der Waals surface area contributed by atoms with Gasteiger partial charge in [-0.2, -0.15) is 0 Å². The molecule has 150 valence electrons. The van der Waals surface area contributed by atoms with Crippen LogP contribution in [-0.2, 0) is 12.8 Å². The minimum Gasteiger partial charge on any atom is -0.508 e. The molecule has 3 rings (SSSR count). The molecule has 0 atom stereocenters. The Morgan fingerprint density at radius 1 is 0.931 bits per heavy atom. The summed E-state index contributed by atoms with van der Waals surface area (Å²) >= 11 is 0. The van der Waals surface area contributed by atoms with E-state index in [9.17, 15) is 5.11 Å². The zero-order valence-corrected chi connectivity index (χ0v) is 17.2. The SMILES string of the molecule is CN(C)CCOc1ccccc1C/C=C(/Cc1cccc(O)c1)c1ccccc1. The van der Waals surface area contributed by atoms with Crippen molar-refractivity contribution in [1.29, 1.82) is 0 Å². The summed E-state index contributed by atoms with van der Waals surface area (Å²) < 4.78 is 6.02. The van der Waals surface area contributed by atoms with Gasteiger partial charge < -0.3 is 14.7 Å². The highest BCUT2D eigenvalue weighted by atomic mass is 16.5. The Balaban J connectivity index is 1.82. The van der Waals surface area contributed by atoms with Crippen molar-refractivity contribution in [2.75, 3.05) is 27.2 Å². The molecule has 0 aromatic heterocycles. The molecule has 0 unspecified atom stereocenters. The van der Waals surface area contributed by atoms with E-state index in [-0.39, 0.29) is 0 Å². The third-order valence-electron chi connectivity index (χ3n) is 4.79. The van der Waals surface area contributed by atoms with E-state index in [4.69, 9.17) is 4.74 Å². The van der Waals surface area contributed by atoms with Crippen LogP contribution in [0, 0.1) is 0 Å². The van der Waals surface area contributed by atoms with E-state index in [0.717, 1.165) is 30.7 Å². The molecule has 0 bridgehead atoms. The Morgan fingerprint density at radius 3 is 2.45 bits per heavy atom. The zero-order valence-electron chi connectivity index (χ0n) is 17.2. The average Bonchev–Trinajstić information content (AvgIpc) is 2.72. The van der Waals surface area contributed by atoms with Gasteiger partial charge in [-0.1, -0.05) is 66.7 Å². The topological polar surface area (TPSA) is 32.7 Å². The lowest BCUT2D eigenvalue weighted by atomic mass is 9.96. The molecule has 0 aliphatic rings. The van der Waals surface area contributed by atoms with Crippen LogP contribution in [0.25, 0.3) is 5.57 Å². The average molecular weight is 388 g/mol. The van der Waals surface area contributed by atoms with E-state index >= 15 is 0 Å². The molecule has 0 spiro atoms. The number of nitrogens with zero attached hydrogens (tertiary/aromatic N) is 1. The third kappa shape index (κ3) is 6.51. The second-order valence-corrected chi connectivity index (χ2v) is 7.41. The second kappa shape index (κ2) is 10.5. The van der Waals surface area contributed by atoms with Gasteiger partial charge in [0.25, 0.3) is 0 Å². The highest BCUT2D eigenvalue weighted by Crippen LogP contribution is 2.25. The number of ether oxygens (including phenoxy) is 1. The maximum Gasteiger partial charge on any atom is 0.122 e. The smallest absolute Gasteiger partial charge is 0.122 e. The molecule has 3 nitrogen and oxygen atoms in total. The first-order chi connectivity index (χ1) is 14.1. The number of hydrogen-bond donors (Lipinski definition) is 1. The number of rotatable bonds is 9. The summed E-state index contributed by atoms with van der Waals surface area (Å²) in [6.07, 6.45) is 3.83. The Morgan fingerprint density at radius 2 is 1.69 bits per heavy atom. The van der Waals surface area contributed by atoms with Gasteiger partial charge in [0.2, 0.25) is 0 Å². The van der Waals surface area contributed by atoms with Crippen LogP contribution in [0.3, 0.4) is 0 Å². The van der Waals surface area contributed by atoms with Gasteiger partial charge in [0.15, 0.2) is 0 Å². The molecule has 0 amide bonds. The molecule has 0 aliphatic heterocycles. The molecule has 3 aromatic rings. The lowest BCUT2D eigenvalue weighted by Gasteiger charge is -2.14. The van der Waals surface area contributed by atoms with Gasteiger partial charge in [0, 0.05) is 6.54 Å². The first-order valence-corrected chi connectivity index (χ1v) is 9.99. The van der Waals surface area contributed by atoms with Crippen LogP contribution < -0.4 is 4.74 Å². The summed E-state index contributed by atoms with van der Waals surface area (Å²) in [6, 6.07) is 26.1. The molecule has 0 saturated heterocycles. The largest absolute Gasteiger partial charge is 0.508 e. The van der Waals surface area contributed by atoms with Crippen molar-refractivity contribution in [1.82, 2.24) is 4.90 Å². The minimum absolute atomic E-state index is 0.301. The van der Waals surface area contributed by atoms with Crippen molar-refractivity contribution >= 4 is 5.57 Å². The van der Waals surface area contributed by atoms with Crippen molar-refractivity contribution < 1.29 is 9.84 Å². The van der Waals surface area contributed by atoms with E-state index in [0.29, 0.717) is 12.4 Å². The van der Waals surface area contributed by atoms with E-state index in [1.165, 1.54) is 16.7 Å². The van der Waals surface area contributed by atoms with Gasteiger partial charge in [-0.25, -0.2) is 0 Å². The molecular weight excluding hydrogens is 358 g/mol. The van der Waals surface area contributed by atoms with Gasteiger partial charge in [0.1, 0.15) is 18.1 Å². The molecule has 1 N–H and O–H groups in total. The van der Waals surface area contributed by atoms with Gasteiger partial charge in [-0.15, -0.1) is 0 Å². The lowest BCUT2D eigenvalue weighted by Crippen LogP contribution is -2.19. The number of hydrogen-bond acceptors (Lipinski definition) is 3. The van der Waals surface area contributed by atoms with E-state index in [1.807, 2.05) is 44.4 Å². The van der Waals surface area contributed by atoms with Gasteiger partial charge in [0.05, 0.1) is 0 Å². The van der Waals surface area contributed by atoms with E-state index < -0.39 is 0 Å². The molecule has 3 heteroatoms. The van der Waals surface area contributed by atoms with E-state index in [1.54, 1.807) is 6.07 Å². The molecule has 0 saturated carbocycles. The number of allylic oxidation sites excluding steroid dienone is 2. The standard InChI is InChI=1S/C26H29NO2/c1-27(2)17-18-29-26-14-7-6-12-23(26)15-16-24(22-10-4-3-5-11-22)19-21-9-8-13-25(28)20-21/h3-14,16,20,28H,15,17-19H2,1-2H3/b24-16-. The summed E-state index contributed by atoms with van der Waals surface area (Å²) in [4.78, 5) is 2.12. The third-order valence-corrected chi connectivity index (χ3v) is 4.79. The van der Waals surface area contributed by atoms with Crippen LogP contribution >= 0.6 is 0 Å². The fourth-order valence-electron chi connectivity index (χ4n) is 3.22. The number of benzene rings is 3. The van der Waals surface area contributed by atoms with Crippen molar-refractivity contribution in [3.05, 3.63) is 102 Å². The van der Waals surface area contributed by atoms with Crippen LogP contribution in [0.5, 0.6) is 11.5 Å². The number of likely N-dealkylation sites (N-methyl/N-ethyl adjacent to an activating group) is 1. The Kier molecular flexibility index (Phi) is 7.48. The first kappa shape index (κ1) is 20.7. The second-order valence-electron chi connectivity index (χ2n) is 7.41. The number of phenols is 1. The highest BCUT2D eigenvalue weighted by molar-refractivity contribution is 5.68. The van der Waals surface area contributed by atoms with Crippen molar-refractivity contribution in [3.63, 3.8) is 0 Å². The Bertz CT molecular complexity index is 932. The summed E-state index contributed by atoms with van der Waals surface area (Å²) in [5.74, 6) is 1.24. The highest BCUT2D eigenvalue weighted by Gasteiger charge is 2.07. The summed E-state index contributed by atoms with van der Waals surface area (Å²) in [5.41, 5.74) is 4.70. The predicted octanol–water partition coefficient (Wildman–Crippen LogP) is 5.20. The quantitative estimate of drug-likeness (QED) is 0.548. The number of para-hydroxylation sites is 1. The molecule has 0 fully saturated rings. The Hall–Kier alpha value is -3.04. The van der Waals surface area contributed by atoms with Crippen LogP contribution in [0.15, 0.2) is 84.9 Å². The molecule has 3 aromatic carbocycles. The minimum atomic E-state index is 0.301. The molecule has 0 aliphatic carbocycles. The maximum absolute atomic E-state index is 9.82. The van der Waals surface area contributed by atoms with Gasteiger partial charge in [-0.05, 0) is 67.4 Å². The van der Waals surface area contributed by atoms with Crippen molar-refractivity contribution in [3.8, 4) is 11.5 Å². The summed E-state index contributed by atoms with van der Waals surface area (Å²) in [7, 11) is 4.09. The lowest BCUT2D eigenvalue weighted by molar-refractivity contribution is 0.260. The number of aromatic hydroxyl groups is 1. The first-order valence-electron chi connectivity index (χ1n) is 9.99. The molecule has 29 heavy (non-hydrogen) atoms. The monoisotopic (exact) mass is 387 g/mol. The Labute approximate surface area is 173 Å². The molecular formula is C26H29NO2. The van der Waals surface area contributed by atoms with Crippen LogP contribution in [0.1, 0.15) is 16.7 Å². The summed E-state index contributed by atoms with van der Waals surface area (Å²) in [6.45, 7) is 1.56. The van der Waals surface area contributed by atoms with Crippen LogP contribution in [-0.4, -0.2) is 37.3 Å². The van der Waals surface area contributed by atoms with Crippen LogP contribution in [0.2, 0.25) is 0 Å². The molecule has 0 heterocycles. The van der Waals surface area contributed by atoms with Crippen molar-refractivity contribution in [2.45, 2.75) is 12.8 Å². The summed E-state index contributed by atoms with van der Waals surface area (Å²) in [5, 5.41) is 9.82. The van der Waals surface area contributed by atoms with Crippen molar-refractivity contribution in [2.24, 2.45) is 0 Å². The zero-order chi connectivity index (χ0) is 20.5. The fraction of sp³-hybridized carbons (Fsp3) is 0.231. The maximum atomic E-state index is 9.82. The van der Waals surface area contributed by atoms with Gasteiger partial charge >= 0.3 is 0 Å². The molecule has 0 radical (unpaired) electrons.